The van der Waals surface area contributed by atoms with Crippen molar-refractivity contribution in [3.05, 3.63) is 35.2 Å². The van der Waals surface area contributed by atoms with Crippen molar-refractivity contribution in [1.29, 1.82) is 0 Å². The number of ketones is 1. The Morgan fingerprint density at radius 3 is 2.80 bits per heavy atom. The van der Waals surface area contributed by atoms with E-state index < -0.39 is 0 Å². The average molecular weight is 289 g/mol. The lowest BCUT2D eigenvalue weighted by molar-refractivity contribution is -0.132. The summed E-state index contributed by atoms with van der Waals surface area (Å²) in [5, 5.41) is 3.30. The van der Waals surface area contributed by atoms with Crippen molar-refractivity contribution in [2.75, 3.05) is 19.8 Å². The zero-order valence-electron chi connectivity index (χ0n) is 11.4. The summed E-state index contributed by atoms with van der Waals surface area (Å²) >= 11 is 1.70. The van der Waals surface area contributed by atoms with Crippen LogP contribution in [0, 0.1) is 5.41 Å². The van der Waals surface area contributed by atoms with Crippen LogP contribution in [0.2, 0.25) is 0 Å². The third kappa shape index (κ3) is 2.39. The van der Waals surface area contributed by atoms with Gasteiger partial charge in [0.1, 0.15) is 5.78 Å². The highest BCUT2D eigenvalue weighted by atomic mass is 32.1. The van der Waals surface area contributed by atoms with Gasteiger partial charge in [-0.2, -0.15) is 0 Å². The maximum Gasteiger partial charge on any atom is 0.144 e. The average Bonchev–Trinajstić information content (AvgIpc) is 2.91. The summed E-state index contributed by atoms with van der Waals surface area (Å²) in [5.41, 5.74) is 6.67. The highest BCUT2D eigenvalue weighted by molar-refractivity contribution is 7.17. The molecule has 0 spiro atoms. The fraction of sp³-hybridized carbons (Fsp3) is 0.438. The second kappa shape index (κ2) is 5.64. The number of hydrogen-bond donors (Lipinski definition) is 1. The molecule has 2 N–H and O–H groups in total. The molecule has 0 atom stereocenters. The van der Waals surface area contributed by atoms with Crippen LogP contribution in [0.25, 0.3) is 10.1 Å². The van der Waals surface area contributed by atoms with Crippen molar-refractivity contribution in [3.63, 3.8) is 0 Å². The minimum atomic E-state index is -0.374. The Morgan fingerprint density at radius 1 is 1.30 bits per heavy atom. The number of carbonyl (C=O) groups excluding carboxylic acids is 1. The van der Waals surface area contributed by atoms with Gasteiger partial charge in [-0.15, -0.1) is 11.3 Å². The number of carbonyl (C=O) groups is 1. The summed E-state index contributed by atoms with van der Waals surface area (Å²) in [4.78, 5) is 12.7. The van der Waals surface area contributed by atoms with E-state index >= 15 is 0 Å². The maximum absolute atomic E-state index is 12.7. The number of hydrogen-bond acceptors (Lipinski definition) is 4. The normalized spacial score (nSPS) is 18.2. The summed E-state index contributed by atoms with van der Waals surface area (Å²) in [6.07, 6.45) is 2.00. The van der Waals surface area contributed by atoms with Crippen molar-refractivity contribution in [1.82, 2.24) is 0 Å². The van der Waals surface area contributed by atoms with E-state index in [1.54, 1.807) is 11.3 Å². The molecule has 3 rings (SSSR count). The van der Waals surface area contributed by atoms with Crippen LogP contribution in [0.1, 0.15) is 18.4 Å². The van der Waals surface area contributed by atoms with E-state index in [9.17, 15) is 4.79 Å². The van der Waals surface area contributed by atoms with E-state index in [1.807, 2.05) is 12.1 Å². The number of Topliss-reactive ketones (excluding diaryl/α,β-unsaturated/α-hetero) is 1. The number of ether oxygens (including phenoxy) is 1. The molecule has 3 nitrogen and oxygen atoms in total. The van der Waals surface area contributed by atoms with E-state index in [2.05, 4.69) is 17.5 Å². The summed E-state index contributed by atoms with van der Waals surface area (Å²) in [6.45, 7) is 1.72. The van der Waals surface area contributed by atoms with Crippen LogP contribution < -0.4 is 5.73 Å². The first-order valence-electron chi connectivity index (χ1n) is 7.01. The smallest absolute Gasteiger partial charge is 0.144 e. The zero-order valence-corrected chi connectivity index (χ0v) is 12.2. The SMILES string of the molecule is NCC1(C(=O)Cc2csc3ccccc23)CCOCC1. The molecule has 0 aliphatic carbocycles. The third-order valence-electron chi connectivity index (χ3n) is 4.34. The van der Waals surface area contributed by atoms with E-state index in [4.69, 9.17) is 10.5 Å². The molecule has 0 bridgehead atoms. The minimum absolute atomic E-state index is 0.270. The zero-order chi connectivity index (χ0) is 14.0. The Hall–Kier alpha value is -1.23. The molecular weight excluding hydrogens is 270 g/mol. The van der Waals surface area contributed by atoms with Crippen LogP contribution in [0.5, 0.6) is 0 Å². The molecule has 0 unspecified atom stereocenters. The van der Waals surface area contributed by atoms with Gasteiger partial charge < -0.3 is 10.5 Å². The van der Waals surface area contributed by atoms with Gasteiger partial charge in [0.2, 0.25) is 0 Å². The van der Waals surface area contributed by atoms with E-state index in [0.717, 1.165) is 18.4 Å². The molecule has 0 amide bonds. The molecule has 1 fully saturated rings. The lowest BCUT2D eigenvalue weighted by atomic mass is 9.74. The first-order valence-corrected chi connectivity index (χ1v) is 7.89. The van der Waals surface area contributed by atoms with Crippen molar-refractivity contribution in [3.8, 4) is 0 Å². The van der Waals surface area contributed by atoms with Crippen LogP contribution in [-0.2, 0) is 16.0 Å². The first kappa shape index (κ1) is 13.7. The van der Waals surface area contributed by atoms with Gasteiger partial charge in [0, 0.05) is 36.3 Å². The van der Waals surface area contributed by atoms with Crippen LogP contribution in [0.3, 0.4) is 0 Å². The molecule has 2 heterocycles. The maximum atomic E-state index is 12.7. The first-order chi connectivity index (χ1) is 9.75. The molecule has 1 aliphatic rings. The summed E-state index contributed by atoms with van der Waals surface area (Å²) in [7, 11) is 0. The summed E-state index contributed by atoms with van der Waals surface area (Å²) in [5.74, 6) is 0.270. The fourth-order valence-electron chi connectivity index (χ4n) is 2.89. The van der Waals surface area contributed by atoms with Crippen molar-refractivity contribution in [2.45, 2.75) is 19.3 Å². The molecule has 1 saturated heterocycles. The number of thiophene rings is 1. The Bertz CT molecular complexity index is 614. The highest BCUT2D eigenvalue weighted by Crippen LogP contribution is 2.34. The topological polar surface area (TPSA) is 52.3 Å². The minimum Gasteiger partial charge on any atom is -0.381 e. The Labute approximate surface area is 122 Å². The van der Waals surface area contributed by atoms with Gasteiger partial charge in [0.25, 0.3) is 0 Å². The van der Waals surface area contributed by atoms with Crippen LogP contribution in [-0.4, -0.2) is 25.5 Å². The van der Waals surface area contributed by atoms with Crippen LogP contribution in [0.4, 0.5) is 0 Å². The molecule has 4 heteroatoms. The van der Waals surface area contributed by atoms with Gasteiger partial charge in [-0.3, -0.25) is 4.79 Å². The second-order valence-electron chi connectivity index (χ2n) is 5.45. The Kier molecular flexibility index (Phi) is 3.87. The molecule has 2 aromatic rings. The van der Waals surface area contributed by atoms with Crippen molar-refractivity contribution in [2.24, 2.45) is 11.1 Å². The number of rotatable bonds is 4. The highest BCUT2D eigenvalue weighted by Gasteiger charge is 2.38. The third-order valence-corrected chi connectivity index (χ3v) is 5.36. The fourth-order valence-corrected chi connectivity index (χ4v) is 3.85. The predicted molar refractivity (Wildman–Crippen MR) is 82.1 cm³/mol. The molecule has 1 aromatic heterocycles. The van der Waals surface area contributed by atoms with Gasteiger partial charge in [-0.1, -0.05) is 18.2 Å². The van der Waals surface area contributed by atoms with Gasteiger partial charge >= 0.3 is 0 Å². The standard InChI is InChI=1S/C16H19NO2S/c17-11-16(5-7-19-8-6-16)15(18)9-12-10-20-14-4-2-1-3-13(12)14/h1-4,10H,5-9,11,17H2. The summed E-state index contributed by atoms with van der Waals surface area (Å²) in [6, 6.07) is 8.25. The molecule has 0 saturated carbocycles. The quantitative estimate of drug-likeness (QED) is 0.941. The lowest BCUT2D eigenvalue weighted by Gasteiger charge is -2.34. The molecule has 0 radical (unpaired) electrons. The number of fused-ring (bicyclic) bond motifs is 1. The van der Waals surface area contributed by atoms with E-state index in [0.29, 0.717) is 26.2 Å². The predicted octanol–water partition coefficient (Wildman–Crippen LogP) is 2.77. The lowest BCUT2D eigenvalue weighted by Crippen LogP contribution is -2.44. The Balaban J connectivity index is 1.84. The van der Waals surface area contributed by atoms with Crippen molar-refractivity contribution < 1.29 is 9.53 Å². The number of benzene rings is 1. The van der Waals surface area contributed by atoms with Gasteiger partial charge in [-0.25, -0.2) is 0 Å². The molecule has 20 heavy (non-hydrogen) atoms. The van der Waals surface area contributed by atoms with E-state index in [1.165, 1.54) is 10.1 Å². The van der Waals surface area contributed by atoms with Gasteiger partial charge in [0.15, 0.2) is 0 Å². The van der Waals surface area contributed by atoms with Gasteiger partial charge in [-0.05, 0) is 35.2 Å². The molecule has 106 valence electrons. The molecule has 1 aliphatic heterocycles. The monoisotopic (exact) mass is 289 g/mol. The van der Waals surface area contributed by atoms with Crippen LogP contribution in [0.15, 0.2) is 29.6 Å². The number of nitrogens with two attached hydrogens (primary N) is 1. The Morgan fingerprint density at radius 2 is 2.05 bits per heavy atom. The molecular formula is C16H19NO2S. The summed E-state index contributed by atoms with van der Waals surface area (Å²) < 4.78 is 6.62. The van der Waals surface area contributed by atoms with Crippen molar-refractivity contribution >= 4 is 27.2 Å². The van der Waals surface area contributed by atoms with Gasteiger partial charge in [0.05, 0.1) is 0 Å². The van der Waals surface area contributed by atoms with Crippen LogP contribution >= 0.6 is 11.3 Å². The molecule has 1 aromatic carbocycles. The second-order valence-corrected chi connectivity index (χ2v) is 6.37. The largest absolute Gasteiger partial charge is 0.381 e. The van der Waals surface area contributed by atoms with E-state index in [-0.39, 0.29) is 11.2 Å².